The lowest BCUT2D eigenvalue weighted by molar-refractivity contribution is -0.117. The number of guanidine groups is 1. The smallest absolute Gasteiger partial charge is 0.248 e. The molecule has 1 fully saturated rings. The summed E-state index contributed by atoms with van der Waals surface area (Å²) in [5.41, 5.74) is 8.79. The van der Waals surface area contributed by atoms with E-state index in [4.69, 9.17) is 5.73 Å². The number of primary amides is 1. The van der Waals surface area contributed by atoms with E-state index in [1.54, 1.807) is 25.2 Å². The number of nitrogens with zero attached hydrogens (tertiary/aromatic N) is 2. The predicted octanol–water partition coefficient (Wildman–Crippen LogP) is 1.78. The van der Waals surface area contributed by atoms with Crippen molar-refractivity contribution in [2.24, 2.45) is 10.7 Å². The summed E-state index contributed by atoms with van der Waals surface area (Å²) in [6.07, 6.45) is 1.56. The molecule has 1 saturated heterocycles. The number of nitrogens with one attached hydrogen (secondary N) is 2. The molecule has 0 bridgehead atoms. The van der Waals surface area contributed by atoms with Gasteiger partial charge >= 0.3 is 0 Å². The van der Waals surface area contributed by atoms with Crippen molar-refractivity contribution in [1.82, 2.24) is 10.6 Å². The zero-order chi connectivity index (χ0) is 19.9. The number of rotatable bonds is 6. The van der Waals surface area contributed by atoms with Gasteiger partial charge in [0.05, 0.1) is 0 Å². The Morgan fingerprint density at radius 2 is 1.82 bits per heavy atom. The van der Waals surface area contributed by atoms with Gasteiger partial charge in [0.25, 0.3) is 0 Å². The third kappa shape index (κ3) is 4.88. The van der Waals surface area contributed by atoms with Crippen molar-refractivity contribution in [3.63, 3.8) is 0 Å². The normalized spacial score (nSPS) is 14.2. The molecule has 0 radical (unpaired) electrons. The van der Waals surface area contributed by atoms with Crippen molar-refractivity contribution >= 4 is 23.5 Å². The van der Waals surface area contributed by atoms with Gasteiger partial charge in [-0.3, -0.25) is 14.6 Å². The molecule has 2 amide bonds. The maximum absolute atomic E-state index is 11.8. The van der Waals surface area contributed by atoms with Gasteiger partial charge in [-0.2, -0.15) is 0 Å². The van der Waals surface area contributed by atoms with Gasteiger partial charge in [-0.05, 0) is 41.8 Å². The highest BCUT2D eigenvalue weighted by Gasteiger charge is 2.21. The average molecular weight is 379 g/mol. The van der Waals surface area contributed by atoms with Gasteiger partial charge in [0.1, 0.15) is 0 Å². The van der Waals surface area contributed by atoms with Crippen LogP contribution in [0.2, 0.25) is 0 Å². The van der Waals surface area contributed by atoms with Crippen LogP contribution in [0.25, 0.3) is 0 Å². The molecular weight excluding hydrogens is 354 g/mol. The van der Waals surface area contributed by atoms with Gasteiger partial charge in [-0.1, -0.05) is 24.3 Å². The largest absolute Gasteiger partial charge is 0.366 e. The number of aliphatic imine (C=N–C) groups is 1. The van der Waals surface area contributed by atoms with Crippen LogP contribution in [0, 0.1) is 0 Å². The van der Waals surface area contributed by atoms with Gasteiger partial charge in [0.15, 0.2) is 5.96 Å². The van der Waals surface area contributed by atoms with Crippen molar-refractivity contribution in [2.75, 3.05) is 18.5 Å². The Morgan fingerprint density at radius 1 is 1.11 bits per heavy atom. The third-order valence-electron chi connectivity index (χ3n) is 4.68. The van der Waals surface area contributed by atoms with Crippen LogP contribution in [0.4, 0.5) is 5.69 Å². The van der Waals surface area contributed by atoms with E-state index in [9.17, 15) is 9.59 Å². The van der Waals surface area contributed by atoms with Crippen molar-refractivity contribution in [2.45, 2.75) is 25.9 Å². The Morgan fingerprint density at radius 3 is 2.43 bits per heavy atom. The first-order valence-electron chi connectivity index (χ1n) is 9.29. The molecule has 7 nitrogen and oxygen atoms in total. The topological polar surface area (TPSA) is 99.8 Å². The molecule has 1 heterocycles. The van der Waals surface area contributed by atoms with Crippen molar-refractivity contribution in [3.8, 4) is 0 Å². The van der Waals surface area contributed by atoms with Gasteiger partial charge < -0.3 is 21.3 Å². The average Bonchev–Trinajstić information content (AvgIpc) is 3.14. The first-order valence-corrected chi connectivity index (χ1v) is 9.29. The van der Waals surface area contributed by atoms with E-state index in [1.807, 2.05) is 35.2 Å². The molecule has 1 aliphatic heterocycles. The first-order chi connectivity index (χ1) is 13.6. The Kier molecular flexibility index (Phi) is 6.26. The molecule has 0 aliphatic carbocycles. The Labute approximate surface area is 164 Å². The van der Waals surface area contributed by atoms with Crippen LogP contribution in [0.15, 0.2) is 53.5 Å². The fourth-order valence-electron chi connectivity index (χ4n) is 3.14. The quantitative estimate of drug-likeness (QED) is 0.526. The van der Waals surface area contributed by atoms with Crippen molar-refractivity contribution in [1.29, 1.82) is 0 Å². The van der Waals surface area contributed by atoms with Crippen LogP contribution in [-0.4, -0.2) is 31.4 Å². The van der Waals surface area contributed by atoms with Crippen LogP contribution < -0.4 is 21.3 Å². The summed E-state index contributed by atoms with van der Waals surface area (Å²) in [6, 6.07) is 15.2. The van der Waals surface area contributed by atoms with E-state index >= 15 is 0 Å². The molecule has 146 valence electrons. The second-order valence-electron chi connectivity index (χ2n) is 6.66. The molecule has 0 aromatic heterocycles. The number of nitrogens with two attached hydrogens (primary N) is 1. The molecule has 4 N–H and O–H groups in total. The van der Waals surface area contributed by atoms with E-state index in [0.717, 1.165) is 29.8 Å². The summed E-state index contributed by atoms with van der Waals surface area (Å²) < 4.78 is 0. The molecule has 0 atom stereocenters. The lowest BCUT2D eigenvalue weighted by Gasteiger charge is -2.16. The van der Waals surface area contributed by atoms with E-state index in [-0.39, 0.29) is 5.91 Å². The van der Waals surface area contributed by atoms with Crippen molar-refractivity contribution < 1.29 is 9.59 Å². The highest BCUT2D eigenvalue weighted by atomic mass is 16.2. The fraction of sp³-hybridized carbons (Fsp3) is 0.286. The second-order valence-corrected chi connectivity index (χ2v) is 6.66. The van der Waals surface area contributed by atoms with Crippen LogP contribution >= 0.6 is 0 Å². The van der Waals surface area contributed by atoms with Crippen LogP contribution in [0.1, 0.15) is 34.3 Å². The zero-order valence-electron chi connectivity index (χ0n) is 15.9. The number of hydrogen-bond donors (Lipinski definition) is 3. The zero-order valence-corrected chi connectivity index (χ0v) is 15.9. The Balaban J connectivity index is 1.52. The number of hydrogen-bond acceptors (Lipinski definition) is 3. The molecule has 2 aromatic carbocycles. The highest BCUT2D eigenvalue weighted by molar-refractivity contribution is 5.95. The minimum absolute atomic E-state index is 0.191. The molecule has 7 heteroatoms. The van der Waals surface area contributed by atoms with E-state index in [1.165, 1.54) is 0 Å². The third-order valence-corrected chi connectivity index (χ3v) is 4.68. The predicted molar refractivity (Wildman–Crippen MR) is 110 cm³/mol. The molecule has 3 rings (SSSR count). The van der Waals surface area contributed by atoms with E-state index in [2.05, 4.69) is 15.6 Å². The minimum Gasteiger partial charge on any atom is -0.366 e. The first kappa shape index (κ1) is 19.4. The summed E-state index contributed by atoms with van der Waals surface area (Å²) in [4.78, 5) is 29.1. The molecule has 0 saturated carbocycles. The SMILES string of the molecule is CN=C(NCc1ccc(N2CCCC2=O)cc1)NCc1cccc(C(N)=O)c1. The summed E-state index contributed by atoms with van der Waals surface area (Å²) in [5.74, 6) is 0.405. The molecule has 0 unspecified atom stereocenters. The van der Waals surface area contributed by atoms with E-state index in [0.29, 0.717) is 31.0 Å². The van der Waals surface area contributed by atoms with E-state index < -0.39 is 5.91 Å². The lowest BCUT2D eigenvalue weighted by atomic mass is 10.1. The fourth-order valence-corrected chi connectivity index (χ4v) is 3.14. The standard InChI is InChI=1S/C21H25N5O2/c1-23-21(25-14-16-4-2-5-17(12-16)20(22)28)24-13-15-7-9-18(10-8-15)26-11-3-6-19(26)27/h2,4-5,7-10,12H,3,6,11,13-14H2,1H3,(H2,22,28)(H2,23,24,25). The number of carbonyl (C=O) groups excluding carboxylic acids is 2. The van der Waals surface area contributed by atoms with Crippen LogP contribution in [0.5, 0.6) is 0 Å². The molecule has 1 aliphatic rings. The number of benzene rings is 2. The van der Waals surface area contributed by atoms with Crippen LogP contribution in [-0.2, 0) is 17.9 Å². The van der Waals surface area contributed by atoms with Crippen molar-refractivity contribution in [3.05, 3.63) is 65.2 Å². The summed E-state index contributed by atoms with van der Waals surface area (Å²) in [5, 5.41) is 6.48. The minimum atomic E-state index is -0.441. The Hall–Kier alpha value is -3.35. The maximum atomic E-state index is 11.8. The van der Waals surface area contributed by atoms with Crippen LogP contribution in [0.3, 0.4) is 0 Å². The summed E-state index contributed by atoms with van der Waals surface area (Å²) in [6.45, 7) is 1.93. The van der Waals surface area contributed by atoms with Gasteiger partial charge in [-0.15, -0.1) is 0 Å². The highest BCUT2D eigenvalue weighted by Crippen LogP contribution is 2.21. The summed E-state index contributed by atoms with van der Waals surface area (Å²) >= 11 is 0. The van der Waals surface area contributed by atoms with Gasteiger partial charge in [0.2, 0.25) is 11.8 Å². The monoisotopic (exact) mass is 379 g/mol. The number of carbonyl (C=O) groups is 2. The Bertz CT molecular complexity index is 877. The number of anilines is 1. The molecular formula is C21H25N5O2. The van der Waals surface area contributed by atoms with Gasteiger partial charge in [0, 0.05) is 44.4 Å². The maximum Gasteiger partial charge on any atom is 0.248 e. The lowest BCUT2D eigenvalue weighted by Crippen LogP contribution is -2.36. The second kappa shape index (κ2) is 9.03. The number of amides is 2. The molecule has 2 aromatic rings. The molecule has 0 spiro atoms. The summed E-state index contributed by atoms with van der Waals surface area (Å²) in [7, 11) is 1.71. The van der Waals surface area contributed by atoms with Gasteiger partial charge in [-0.25, -0.2) is 0 Å². The molecule has 28 heavy (non-hydrogen) atoms.